The van der Waals surface area contributed by atoms with Gasteiger partial charge in [0.15, 0.2) is 17.4 Å². The van der Waals surface area contributed by atoms with Crippen molar-refractivity contribution >= 4 is 17.3 Å². The summed E-state index contributed by atoms with van der Waals surface area (Å²) >= 11 is 0. The Labute approximate surface area is 183 Å². The minimum absolute atomic E-state index is 0.0580. The molecule has 12 heteroatoms. The van der Waals surface area contributed by atoms with Gasteiger partial charge in [0.25, 0.3) is 0 Å². The summed E-state index contributed by atoms with van der Waals surface area (Å²) in [5, 5.41) is 11.5. The van der Waals surface area contributed by atoms with Crippen LogP contribution in [0, 0.1) is 11.6 Å². The van der Waals surface area contributed by atoms with Crippen molar-refractivity contribution in [2.75, 3.05) is 30.9 Å². The lowest BCUT2D eigenvalue weighted by molar-refractivity contribution is 0.289. The summed E-state index contributed by atoms with van der Waals surface area (Å²) in [5.74, 6) is 8.95. The zero-order valence-corrected chi connectivity index (χ0v) is 17.7. The van der Waals surface area contributed by atoms with Crippen molar-refractivity contribution in [1.82, 2.24) is 20.1 Å². The van der Waals surface area contributed by atoms with Gasteiger partial charge in [0.1, 0.15) is 5.82 Å². The highest BCUT2D eigenvalue weighted by Gasteiger charge is 2.23. The van der Waals surface area contributed by atoms with Crippen LogP contribution in [0.1, 0.15) is 12.0 Å². The molecule has 7 N–H and O–H groups in total. The molecular weight excluding hydrogens is 420 g/mol. The smallest absolute Gasteiger partial charge is 0.202 e. The molecule has 0 saturated carbocycles. The molecule has 2 heterocycles. The Morgan fingerprint density at radius 2 is 2.03 bits per heavy atom. The number of halogens is 2. The zero-order valence-electron chi connectivity index (χ0n) is 17.7. The number of hydrogen-bond donors (Lipinski definition) is 4. The first kappa shape index (κ1) is 22.9. The molecule has 0 amide bonds. The average Bonchev–Trinajstić information content (AvgIpc) is 3.22. The van der Waals surface area contributed by atoms with E-state index in [1.165, 1.54) is 12.1 Å². The third-order valence-corrected chi connectivity index (χ3v) is 4.66. The summed E-state index contributed by atoms with van der Waals surface area (Å²) in [7, 11) is 3.56. The molecule has 0 aliphatic rings. The number of pyridine rings is 1. The van der Waals surface area contributed by atoms with E-state index in [9.17, 15) is 8.78 Å². The summed E-state index contributed by atoms with van der Waals surface area (Å²) in [6.45, 7) is 0.907. The van der Waals surface area contributed by atoms with Gasteiger partial charge in [0, 0.05) is 30.6 Å². The molecule has 0 aliphatic carbocycles. The third kappa shape index (κ3) is 4.76. The molecule has 32 heavy (non-hydrogen) atoms. The van der Waals surface area contributed by atoms with E-state index >= 15 is 0 Å². The van der Waals surface area contributed by atoms with Crippen LogP contribution in [0.2, 0.25) is 0 Å². The summed E-state index contributed by atoms with van der Waals surface area (Å²) < 4.78 is 36.3. The number of aryl methyl sites for hydroxylation is 1. The lowest BCUT2D eigenvalue weighted by Crippen LogP contribution is -2.40. The first-order chi connectivity index (χ1) is 15.4. The van der Waals surface area contributed by atoms with Crippen molar-refractivity contribution in [2.24, 2.45) is 23.8 Å². The van der Waals surface area contributed by atoms with Gasteiger partial charge >= 0.3 is 0 Å². The van der Waals surface area contributed by atoms with E-state index in [4.69, 9.17) is 22.2 Å². The van der Waals surface area contributed by atoms with E-state index < -0.39 is 11.6 Å². The van der Waals surface area contributed by atoms with Crippen LogP contribution in [0.25, 0.3) is 11.1 Å². The lowest BCUT2D eigenvalue weighted by atomic mass is 10.1. The Bertz CT molecular complexity index is 1120. The third-order valence-electron chi connectivity index (χ3n) is 4.66. The standard InChI is InChI=1S/C20H25F2N9O/c1-26-6-3-7-32-16-5-4-15(17(21)18(16)22)31(25)20(29-24)14-8-12(9-27-19(14)23)13-10-28-30(2)11-13/h4-5,8-11,26H,3,6-7,24-25H2,1-2H3,(H2,23,27)/b29-20-. The van der Waals surface area contributed by atoms with Gasteiger partial charge in [-0.05, 0) is 38.2 Å². The van der Waals surface area contributed by atoms with Gasteiger partial charge in [-0.2, -0.15) is 14.6 Å². The van der Waals surface area contributed by atoms with E-state index in [1.54, 1.807) is 43.4 Å². The summed E-state index contributed by atoms with van der Waals surface area (Å²) in [6, 6.07) is 4.19. The Hall–Kier alpha value is -3.77. The molecule has 3 aromatic rings. The number of nitrogens with two attached hydrogens (primary N) is 3. The lowest BCUT2D eigenvalue weighted by Gasteiger charge is -2.22. The number of hydrazine groups is 1. The zero-order chi connectivity index (χ0) is 23.3. The van der Waals surface area contributed by atoms with Crippen LogP contribution in [0.4, 0.5) is 20.3 Å². The second kappa shape index (κ2) is 10.0. The second-order valence-electron chi connectivity index (χ2n) is 6.90. The van der Waals surface area contributed by atoms with E-state index in [1.807, 2.05) is 0 Å². The Morgan fingerprint density at radius 3 is 2.69 bits per heavy atom. The number of nitrogens with zero attached hydrogens (tertiary/aromatic N) is 5. The Balaban J connectivity index is 1.91. The fourth-order valence-electron chi connectivity index (χ4n) is 3.01. The molecule has 0 bridgehead atoms. The average molecular weight is 445 g/mol. The van der Waals surface area contributed by atoms with Gasteiger partial charge in [0.05, 0.1) is 24.1 Å². The fraction of sp³-hybridized carbons (Fsp3) is 0.250. The van der Waals surface area contributed by atoms with Crippen LogP contribution < -0.4 is 32.5 Å². The van der Waals surface area contributed by atoms with Crippen LogP contribution >= 0.6 is 0 Å². The maximum atomic E-state index is 14.8. The maximum Gasteiger partial charge on any atom is 0.202 e. The fourth-order valence-corrected chi connectivity index (χ4v) is 3.01. The molecule has 0 fully saturated rings. The number of amidine groups is 1. The van der Waals surface area contributed by atoms with Gasteiger partial charge in [-0.1, -0.05) is 0 Å². The van der Waals surface area contributed by atoms with Crippen LogP contribution in [-0.4, -0.2) is 40.8 Å². The summed E-state index contributed by atoms with van der Waals surface area (Å²) in [4.78, 5) is 4.14. The predicted octanol–water partition coefficient (Wildman–Crippen LogP) is 1.33. The van der Waals surface area contributed by atoms with Gasteiger partial charge in [0.2, 0.25) is 5.82 Å². The number of nitrogen functional groups attached to an aromatic ring is 1. The van der Waals surface area contributed by atoms with E-state index in [-0.39, 0.29) is 35.3 Å². The topological polar surface area (TPSA) is 146 Å². The molecule has 2 aromatic heterocycles. The quantitative estimate of drug-likeness (QED) is 0.134. The van der Waals surface area contributed by atoms with Crippen molar-refractivity contribution in [3.05, 3.63) is 54.0 Å². The van der Waals surface area contributed by atoms with Crippen molar-refractivity contribution in [3.63, 3.8) is 0 Å². The highest BCUT2D eigenvalue weighted by atomic mass is 19.2. The van der Waals surface area contributed by atoms with Crippen LogP contribution in [-0.2, 0) is 7.05 Å². The van der Waals surface area contributed by atoms with E-state index in [0.29, 0.717) is 18.5 Å². The van der Waals surface area contributed by atoms with Crippen LogP contribution in [0.5, 0.6) is 5.75 Å². The molecule has 0 radical (unpaired) electrons. The minimum atomic E-state index is -1.21. The number of nitrogens with one attached hydrogen (secondary N) is 1. The molecule has 3 rings (SSSR count). The summed E-state index contributed by atoms with van der Waals surface area (Å²) in [5.41, 5.74) is 7.35. The SMILES string of the molecule is CNCCCOc1ccc(N(N)/C(=N\N)c2cc(-c3cnn(C)c3)cnc2N)c(F)c1F. The second-order valence-corrected chi connectivity index (χ2v) is 6.90. The van der Waals surface area contributed by atoms with Gasteiger partial charge in [-0.15, -0.1) is 0 Å². The molecule has 0 atom stereocenters. The Morgan fingerprint density at radius 1 is 1.25 bits per heavy atom. The predicted molar refractivity (Wildman–Crippen MR) is 119 cm³/mol. The number of hydrogen-bond acceptors (Lipinski definition) is 8. The first-order valence-electron chi connectivity index (χ1n) is 9.70. The normalized spacial score (nSPS) is 11.6. The maximum absolute atomic E-state index is 14.8. The van der Waals surface area contributed by atoms with Crippen molar-refractivity contribution in [2.45, 2.75) is 6.42 Å². The largest absolute Gasteiger partial charge is 0.490 e. The monoisotopic (exact) mass is 445 g/mol. The number of hydrazone groups is 1. The van der Waals surface area contributed by atoms with E-state index in [0.717, 1.165) is 10.6 Å². The van der Waals surface area contributed by atoms with Gasteiger partial charge in [-0.3, -0.25) is 9.69 Å². The van der Waals surface area contributed by atoms with Crippen molar-refractivity contribution in [1.29, 1.82) is 0 Å². The Kier molecular flexibility index (Phi) is 7.18. The van der Waals surface area contributed by atoms with Crippen LogP contribution in [0.3, 0.4) is 0 Å². The number of rotatable bonds is 8. The number of ether oxygens (including phenoxy) is 1. The first-order valence-corrected chi connectivity index (χ1v) is 9.70. The molecule has 0 saturated heterocycles. The van der Waals surface area contributed by atoms with Crippen molar-refractivity contribution < 1.29 is 13.5 Å². The minimum Gasteiger partial charge on any atom is -0.490 e. The highest BCUT2D eigenvalue weighted by Crippen LogP contribution is 2.29. The van der Waals surface area contributed by atoms with E-state index in [2.05, 4.69) is 20.5 Å². The number of benzene rings is 1. The molecular formula is C20H25F2N9O. The summed E-state index contributed by atoms with van der Waals surface area (Å²) in [6.07, 6.45) is 5.60. The molecule has 1 aromatic carbocycles. The molecule has 0 unspecified atom stereocenters. The number of anilines is 2. The molecule has 170 valence electrons. The highest BCUT2D eigenvalue weighted by molar-refractivity contribution is 6.12. The molecule has 0 aliphatic heterocycles. The molecule has 10 nitrogen and oxygen atoms in total. The van der Waals surface area contributed by atoms with Crippen LogP contribution in [0.15, 0.2) is 41.9 Å². The number of aromatic nitrogens is 3. The van der Waals surface area contributed by atoms with Crippen molar-refractivity contribution in [3.8, 4) is 16.9 Å². The van der Waals surface area contributed by atoms with Gasteiger partial charge in [-0.25, -0.2) is 15.2 Å². The molecule has 0 spiro atoms. The van der Waals surface area contributed by atoms with Gasteiger partial charge < -0.3 is 21.6 Å².